The van der Waals surface area contributed by atoms with Gasteiger partial charge in [0, 0.05) is 51.5 Å². The SMILES string of the molecule is O=C1[C@H]2CCCCN2C(=O)N1CCN1CCN(c2ccc(F)cc2)CC1. The van der Waals surface area contributed by atoms with E-state index in [2.05, 4.69) is 9.80 Å². The molecule has 0 bridgehead atoms. The zero-order valence-electron chi connectivity index (χ0n) is 14.9. The van der Waals surface area contributed by atoms with Crippen LogP contribution in [0, 0.1) is 5.82 Å². The van der Waals surface area contributed by atoms with Gasteiger partial charge in [0.2, 0.25) is 0 Å². The summed E-state index contributed by atoms with van der Waals surface area (Å²) in [7, 11) is 0. The molecule has 0 unspecified atom stereocenters. The zero-order chi connectivity index (χ0) is 18.1. The maximum atomic E-state index is 13.0. The molecule has 3 fully saturated rings. The van der Waals surface area contributed by atoms with E-state index in [0.29, 0.717) is 13.1 Å². The van der Waals surface area contributed by atoms with Crippen LogP contribution in [0.1, 0.15) is 19.3 Å². The summed E-state index contributed by atoms with van der Waals surface area (Å²) in [5.74, 6) is -0.233. The Labute approximate surface area is 153 Å². The molecule has 26 heavy (non-hydrogen) atoms. The molecule has 6 nitrogen and oxygen atoms in total. The van der Waals surface area contributed by atoms with Gasteiger partial charge in [0.25, 0.3) is 5.91 Å². The fraction of sp³-hybridized carbons (Fsp3) is 0.579. The number of hydrogen-bond acceptors (Lipinski definition) is 4. The number of rotatable bonds is 4. The van der Waals surface area contributed by atoms with Crippen LogP contribution in [-0.4, -0.2) is 78.5 Å². The Hall–Kier alpha value is -2.15. The maximum absolute atomic E-state index is 13.0. The molecule has 3 heterocycles. The second-order valence-corrected chi connectivity index (χ2v) is 7.28. The van der Waals surface area contributed by atoms with Crippen molar-refractivity contribution in [3.63, 3.8) is 0 Å². The number of benzene rings is 1. The highest BCUT2D eigenvalue weighted by Crippen LogP contribution is 2.26. The summed E-state index contributed by atoms with van der Waals surface area (Å²) in [6.07, 6.45) is 2.82. The van der Waals surface area contributed by atoms with E-state index in [1.165, 1.54) is 17.0 Å². The molecule has 1 atom stereocenters. The second kappa shape index (κ2) is 7.23. The number of halogens is 1. The van der Waals surface area contributed by atoms with Crippen molar-refractivity contribution < 1.29 is 14.0 Å². The van der Waals surface area contributed by atoms with Crippen LogP contribution in [-0.2, 0) is 4.79 Å². The van der Waals surface area contributed by atoms with Crippen molar-refractivity contribution in [1.82, 2.24) is 14.7 Å². The normalized spacial score (nSPS) is 24.3. The first-order chi connectivity index (χ1) is 12.6. The van der Waals surface area contributed by atoms with Crippen molar-refractivity contribution in [2.24, 2.45) is 0 Å². The third-order valence-corrected chi connectivity index (χ3v) is 5.73. The molecule has 3 aliphatic heterocycles. The van der Waals surface area contributed by atoms with Crippen LogP contribution >= 0.6 is 0 Å². The van der Waals surface area contributed by atoms with E-state index in [1.807, 2.05) is 12.1 Å². The van der Waals surface area contributed by atoms with E-state index in [0.717, 1.165) is 57.7 Å². The van der Waals surface area contributed by atoms with Crippen molar-refractivity contribution in [2.45, 2.75) is 25.3 Å². The third-order valence-electron chi connectivity index (χ3n) is 5.73. The molecule has 3 amide bonds. The van der Waals surface area contributed by atoms with E-state index in [9.17, 15) is 14.0 Å². The van der Waals surface area contributed by atoms with E-state index in [-0.39, 0.29) is 23.8 Å². The molecule has 7 heteroatoms. The highest BCUT2D eigenvalue weighted by Gasteiger charge is 2.45. The number of fused-ring (bicyclic) bond motifs is 1. The predicted molar refractivity (Wildman–Crippen MR) is 96.5 cm³/mol. The van der Waals surface area contributed by atoms with Crippen LogP contribution in [0.15, 0.2) is 24.3 Å². The zero-order valence-corrected chi connectivity index (χ0v) is 14.9. The molecule has 0 saturated carbocycles. The van der Waals surface area contributed by atoms with Gasteiger partial charge in [0.1, 0.15) is 11.9 Å². The molecule has 140 valence electrons. The fourth-order valence-corrected chi connectivity index (χ4v) is 4.18. The number of urea groups is 1. The molecule has 0 N–H and O–H groups in total. The van der Waals surface area contributed by atoms with Crippen molar-refractivity contribution in [3.8, 4) is 0 Å². The van der Waals surface area contributed by atoms with E-state index in [1.54, 1.807) is 4.90 Å². The first-order valence-electron chi connectivity index (χ1n) is 9.48. The number of carbonyl (C=O) groups is 2. The van der Waals surface area contributed by atoms with E-state index >= 15 is 0 Å². The van der Waals surface area contributed by atoms with Gasteiger partial charge >= 0.3 is 6.03 Å². The van der Waals surface area contributed by atoms with Gasteiger partial charge in [-0.2, -0.15) is 0 Å². The van der Waals surface area contributed by atoms with E-state index < -0.39 is 0 Å². The monoisotopic (exact) mass is 360 g/mol. The lowest BCUT2D eigenvalue weighted by Gasteiger charge is -2.36. The molecular formula is C19H25FN4O2. The highest BCUT2D eigenvalue weighted by atomic mass is 19.1. The summed E-state index contributed by atoms with van der Waals surface area (Å²) in [5.41, 5.74) is 1.04. The quantitative estimate of drug-likeness (QED) is 0.768. The number of carbonyl (C=O) groups excluding carboxylic acids is 2. The summed E-state index contributed by atoms with van der Waals surface area (Å²) in [6, 6.07) is 6.27. The standard InChI is InChI=1S/C19H25FN4O2/c20-15-4-6-16(7-5-15)22-12-9-21(10-13-22)11-14-24-18(25)17-3-1-2-8-23(17)19(24)26/h4-7,17H,1-3,8-14H2/t17-/m1/s1. The summed E-state index contributed by atoms with van der Waals surface area (Å²) in [4.78, 5) is 32.7. The topological polar surface area (TPSA) is 47.1 Å². The van der Waals surface area contributed by atoms with Crippen LogP contribution in [0.4, 0.5) is 14.9 Å². The minimum Gasteiger partial charge on any atom is -0.369 e. The molecule has 1 aromatic rings. The highest BCUT2D eigenvalue weighted by molar-refractivity contribution is 6.04. The lowest BCUT2D eigenvalue weighted by atomic mass is 10.0. The van der Waals surface area contributed by atoms with Gasteiger partial charge in [0.05, 0.1) is 0 Å². The predicted octanol–water partition coefficient (Wildman–Crippen LogP) is 1.76. The Kier molecular flexibility index (Phi) is 4.80. The molecule has 0 spiro atoms. The molecule has 3 aliphatic rings. The Morgan fingerprint density at radius 2 is 1.65 bits per heavy atom. The third kappa shape index (κ3) is 3.28. The van der Waals surface area contributed by atoms with Gasteiger partial charge in [0.15, 0.2) is 0 Å². The fourth-order valence-electron chi connectivity index (χ4n) is 4.18. The lowest BCUT2D eigenvalue weighted by Crippen LogP contribution is -2.49. The van der Waals surface area contributed by atoms with Crippen LogP contribution in [0.5, 0.6) is 0 Å². The van der Waals surface area contributed by atoms with Crippen LogP contribution in [0.3, 0.4) is 0 Å². The average Bonchev–Trinajstić information content (AvgIpc) is 2.92. The number of imide groups is 1. The maximum Gasteiger partial charge on any atom is 0.327 e. The van der Waals surface area contributed by atoms with Crippen molar-refractivity contribution in [1.29, 1.82) is 0 Å². The van der Waals surface area contributed by atoms with Crippen LogP contribution < -0.4 is 4.90 Å². The molecule has 0 aliphatic carbocycles. The molecule has 4 rings (SSSR count). The van der Waals surface area contributed by atoms with Gasteiger partial charge < -0.3 is 9.80 Å². The summed E-state index contributed by atoms with van der Waals surface area (Å²) >= 11 is 0. The Balaban J connectivity index is 1.28. The number of anilines is 1. The summed E-state index contributed by atoms with van der Waals surface area (Å²) in [5, 5.41) is 0. The number of piperazine rings is 1. The van der Waals surface area contributed by atoms with Crippen LogP contribution in [0.25, 0.3) is 0 Å². The number of nitrogens with zero attached hydrogens (tertiary/aromatic N) is 4. The number of amides is 3. The van der Waals surface area contributed by atoms with E-state index in [4.69, 9.17) is 0 Å². The molecule has 0 aromatic heterocycles. The Morgan fingerprint density at radius 3 is 2.35 bits per heavy atom. The van der Waals surface area contributed by atoms with Gasteiger partial charge in [-0.1, -0.05) is 0 Å². The molecule has 3 saturated heterocycles. The van der Waals surface area contributed by atoms with Gasteiger partial charge in [-0.25, -0.2) is 9.18 Å². The van der Waals surface area contributed by atoms with Gasteiger partial charge in [-0.05, 0) is 43.5 Å². The van der Waals surface area contributed by atoms with Gasteiger partial charge in [-0.15, -0.1) is 0 Å². The molecular weight excluding hydrogens is 335 g/mol. The smallest absolute Gasteiger partial charge is 0.327 e. The molecule has 1 aromatic carbocycles. The van der Waals surface area contributed by atoms with Crippen LogP contribution in [0.2, 0.25) is 0 Å². The lowest BCUT2D eigenvalue weighted by molar-refractivity contribution is -0.129. The minimum absolute atomic E-state index is 0.0142. The summed E-state index contributed by atoms with van der Waals surface area (Å²) in [6.45, 7) is 5.38. The Bertz CT molecular complexity index is 649. The molecule has 0 radical (unpaired) electrons. The average molecular weight is 360 g/mol. The Morgan fingerprint density at radius 1 is 0.923 bits per heavy atom. The van der Waals surface area contributed by atoms with Crippen molar-refractivity contribution in [3.05, 3.63) is 30.1 Å². The van der Waals surface area contributed by atoms with Crippen molar-refractivity contribution >= 4 is 17.6 Å². The first-order valence-corrected chi connectivity index (χ1v) is 9.48. The van der Waals surface area contributed by atoms with Crippen molar-refractivity contribution in [2.75, 3.05) is 50.7 Å². The summed E-state index contributed by atoms with van der Waals surface area (Å²) < 4.78 is 13.0. The number of hydrogen-bond donors (Lipinski definition) is 0. The first kappa shape index (κ1) is 17.3. The second-order valence-electron chi connectivity index (χ2n) is 7.28. The van der Waals surface area contributed by atoms with Gasteiger partial charge in [-0.3, -0.25) is 14.6 Å². The number of piperidine rings is 1. The largest absolute Gasteiger partial charge is 0.369 e. The minimum atomic E-state index is -0.219.